The van der Waals surface area contributed by atoms with Crippen LogP contribution in [0.5, 0.6) is 5.75 Å². The molecule has 5 heteroatoms. The highest BCUT2D eigenvalue weighted by molar-refractivity contribution is 9.11. The highest BCUT2D eigenvalue weighted by Gasteiger charge is 2.11. The van der Waals surface area contributed by atoms with Gasteiger partial charge in [-0.15, -0.1) is 11.3 Å². The average molecular weight is 328 g/mol. The van der Waals surface area contributed by atoms with Crippen molar-refractivity contribution in [3.05, 3.63) is 33.2 Å². The van der Waals surface area contributed by atoms with E-state index < -0.39 is 0 Å². The quantitative estimate of drug-likeness (QED) is 0.935. The van der Waals surface area contributed by atoms with Crippen LogP contribution in [0.4, 0.5) is 0 Å². The van der Waals surface area contributed by atoms with E-state index in [1.807, 2.05) is 19.1 Å². The van der Waals surface area contributed by atoms with Crippen molar-refractivity contribution in [1.82, 2.24) is 4.98 Å². The third kappa shape index (κ3) is 2.74. The normalized spacial score (nSPS) is 10.7. The molecular weight excluding hydrogens is 314 g/mol. The molecule has 0 bridgehead atoms. The van der Waals surface area contributed by atoms with Crippen molar-refractivity contribution in [3.63, 3.8) is 0 Å². The summed E-state index contributed by atoms with van der Waals surface area (Å²) >= 11 is 5.07. The lowest BCUT2D eigenvalue weighted by Gasteiger charge is -2.05. The van der Waals surface area contributed by atoms with Gasteiger partial charge in [0.15, 0.2) is 0 Å². The second kappa shape index (κ2) is 5.82. The van der Waals surface area contributed by atoms with Crippen molar-refractivity contribution < 1.29 is 9.84 Å². The first-order valence-electron chi connectivity index (χ1n) is 5.56. The summed E-state index contributed by atoms with van der Waals surface area (Å²) in [5, 5.41) is 9.92. The van der Waals surface area contributed by atoms with E-state index >= 15 is 0 Å². The minimum atomic E-state index is 0.114. The van der Waals surface area contributed by atoms with E-state index in [0.717, 1.165) is 31.4 Å². The second-order valence-electron chi connectivity index (χ2n) is 3.90. The smallest absolute Gasteiger partial charge is 0.124 e. The Kier molecular flexibility index (Phi) is 4.37. The Labute approximate surface area is 119 Å². The minimum Gasteiger partial charge on any atom is -0.496 e. The lowest BCUT2D eigenvalue weighted by atomic mass is 10.1. The molecule has 0 saturated carbocycles. The number of aliphatic hydroxyl groups is 1. The van der Waals surface area contributed by atoms with Crippen LogP contribution >= 0.6 is 27.3 Å². The average Bonchev–Trinajstić information content (AvgIpc) is 2.71. The van der Waals surface area contributed by atoms with Gasteiger partial charge < -0.3 is 9.84 Å². The van der Waals surface area contributed by atoms with E-state index in [-0.39, 0.29) is 6.61 Å². The molecule has 0 spiro atoms. The number of aromatic nitrogens is 1. The van der Waals surface area contributed by atoms with Gasteiger partial charge in [-0.05, 0) is 46.6 Å². The van der Waals surface area contributed by atoms with Crippen LogP contribution in [0.15, 0.2) is 22.0 Å². The monoisotopic (exact) mass is 327 g/mol. The molecule has 0 aliphatic carbocycles. The molecule has 0 aliphatic rings. The summed E-state index contributed by atoms with van der Waals surface area (Å²) in [6.07, 6.45) is 0.576. The van der Waals surface area contributed by atoms with Crippen molar-refractivity contribution in [1.29, 1.82) is 0 Å². The zero-order chi connectivity index (χ0) is 13.1. The number of aryl methyl sites for hydroxylation is 1. The van der Waals surface area contributed by atoms with Crippen molar-refractivity contribution in [2.45, 2.75) is 13.3 Å². The van der Waals surface area contributed by atoms with E-state index in [0.29, 0.717) is 6.42 Å². The summed E-state index contributed by atoms with van der Waals surface area (Å²) in [6, 6.07) is 6.01. The Hall–Kier alpha value is -0.910. The van der Waals surface area contributed by atoms with Crippen LogP contribution in [0, 0.1) is 6.92 Å². The maximum absolute atomic E-state index is 8.96. The fourth-order valence-corrected chi connectivity index (χ4v) is 3.31. The van der Waals surface area contributed by atoms with Gasteiger partial charge in [0.25, 0.3) is 0 Å². The van der Waals surface area contributed by atoms with Gasteiger partial charge in [-0.2, -0.15) is 0 Å². The number of thiazole rings is 1. The third-order valence-corrected chi connectivity index (χ3v) is 4.52. The predicted octanol–water partition coefficient (Wildman–Crippen LogP) is 3.42. The molecule has 0 unspecified atom stereocenters. The summed E-state index contributed by atoms with van der Waals surface area (Å²) in [6.45, 7) is 2.13. The number of hydrogen-bond acceptors (Lipinski definition) is 4. The first-order chi connectivity index (χ1) is 8.65. The molecule has 0 aliphatic heterocycles. The molecule has 0 atom stereocenters. The van der Waals surface area contributed by atoms with Crippen molar-refractivity contribution >= 4 is 27.3 Å². The van der Waals surface area contributed by atoms with Crippen molar-refractivity contribution in [2.24, 2.45) is 0 Å². The van der Waals surface area contributed by atoms with Crippen LogP contribution in [-0.4, -0.2) is 23.8 Å². The minimum absolute atomic E-state index is 0.114. The van der Waals surface area contributed by atoms with Crippen LogP contribution in [0.1, 0.15) is 11.3 Å². The van der Waals surface area contributed by atoms with Gasteiger partial charge in [-0.25, -0.2) is 4.98 Å². The van der Waals surface area contributed by atoms with Crippen LogP contribution in [-0.2, 0) is 6.42 Å². The lowest BCUT2D eigenvalue weighted by Crippen LogP contribution is -1.91. The van der Waals surface area contributed by atoms with Gasteiger partial charge in [-0.1, -0.05) is 0 Å². The zero-order valence-corrected chi connectivity index (χ0v) is 12.6. The zero-order valence-electron chi connectivity index (χ0n) is 10.2. The number of benzene rings is 1. The fraction of sp³-hybridized carbons (Fsp3) is 0.308. The molecule has 96 valence electrons. The fourth-order valence-electron chi connectivity index (χ4n) is 1.73. The molecule has 2 rings (SSSR count). The number of aliphatic hydroxyl groups excluding tert-OH is 1. The van der Waals surface area contributed by atoms with Crippen LogP contribution in [0.25, 0.3) is 10.6 Å². The van der Waals surface area contributed by atoms with Crippen molar-refractivity contribution in [3.8, 4) is 16.3 Å². The van der Waals surface area contributed by atoms with Crippen LogP contribution in [0.2, 0.25) is 0 Å². The van der Waals surface area contributed by atoms with Gasteiger partial charge in [0.2, 0.25) is 0 Å². The molecule has 1 N–H and O–H groups in total. The predicted molar refractivity (Wildman–Crippen MR) is 77.3 cm³/mol. The number of ether oxygens (including phenoxy) is 1. The Balaban J connectivity index is 2.36. The van der Waals surface area contributed by atoms with E-state index in [1.54, 1.807) is 18.4 Å². The van der Waals surface area contributed by atoms with Gasteiger partial charge in [0, 0.05) is 18.6 Å². The van der Waals surface area contributed by atoms with Crippen molar-refractivity contribution in [2.75, 3.05) is 13.7 Å². The molecule has 3 nitrogen and oxygen atoms in total. The number of nitrogens with zero attached hydrogens (tertiary/aromatic N) is 1. The van der Waals surface area contributed by atoms with Crippen LogP contribution in [0.3, 0.4) is 0 Å². The molecule has 0 amide bonds. The summed E-state index contributed by atoms with van der Waals surface area (Å²) in [5.74, 6) is 0.880. The maximum atomic E-state index is 8.96. The van der Waals surface area contributed by atoms with E-state index in [1.165, 1.54) is 0 Å². The molecule has 1 heterocycles. The molecule has 18 heavy (non-hydrogen) atoms. The molecule has 2 aromatic rings. The topological polar surface area (TPSA) is 42.4 Å². The van der Waals surface area contributed by atoms with Gasteiger partial charge >= 0.3 is 0 Å². The Morgan fingerprint density at radius 1 is 1.44 bits per heavy atom. The van der Waals surface area contributed by atoms with E-state index in [9.17, 15) is 0 Å². The molecule has 1 aromatic carbocycles. The Bertz CT molecular complexity index is 554. The Morgan fingerprint density at radius 2 is 2.22 bits per heavy atom. The third-order valence-electron chi connectivity index (χ3n) is 2.64. The molecule has 0 radical (unpaired) electrons. The first kappa shape index (κ1) is 13.5. The van der Waals surface area contributed by atoms with Gasteiger partial charge in [-0.3, -0.25) is 0 Å². The first-order valence-corrected chi connectivity index (χ1v) is 7.17. The van der Waals surface area contributed by atoms with E-state index in [2.05, 4.69) is 27.0 Å². The van der Waals surface area contributed by atoms with Gasteiger partial charge in [0.05, 0.1) is 16.6 Å². The molecule has 1 aromatic heterocycles. The standard InChI is InChI=1S/C13H14BrNO2S/c1-8-7-9(3-4-11(8)17-2)13-15-10(5-6-16)12(14)18-13/h3-4,7,16H,5-6H2,1-2H3. The largest absolute Gasteiger partial charge is 0.496 e. The number of hydrogen-bond donors (Lipinski definition) is 1. The van der Waals surface area contributed by atoms with E-state index in [4.69, 9.17) is 9.84 Å². The number of rotatable bonds is 4. The molecule has 0 fully saturated rings. The summed E-state index contributed by atoms with van der Waals surface area (Å²) in [5.41, 5.74) is 3.07. The number of halogens is 1. The summed E-state index contributed by atoms with van der Waals surface area (Å²) in [4.78, 5) is 4.54. The van der Waals surface area contributed by atoms with Crippen LogP contribution < -0.4 is 4.74 Å². The Morgan fingerprint density at radius 3 is 2.83 bits per heavy atom. The second-order valence-corrected chi connectivity index (χ2v) is 6.21. The van der Waals surface area contributed by atoms with Gasteiger partial charge in [0.1, 0.15) is 10.8 Å². The highest BCUT2D eigenvalue weighted by Crippen LogP contribution is 2.34. The highest BCUT2D eigenvalue weighted by atomic mass is 79.9. The maximum Gasteiger partial charge on any atom is 0.124 e. The number of methoxy groups -OCH3 is 1. The summed E-state index contributed by atoms with van der Waals surface area (Å²) in [7, 11) is 1.67. The molecule has 0 saturated heterocycles. The molecular formula is C13H14BrNO2S. The summed E-state index contributed by atoms with van der Waals surface area (Å²) < 4.78 is 6.23. The SMILES string of the molecule is COc1ccc(-c2nc(CCO)c(Br)s2)cc1C. The lowest BCUT2D eigenvalue weighted by molar-refractivity contribution is 0.298.